The third-order valence-corrected chi connectivity index (χ3v) is 1.75. The molecule has 0 fully saturated rings. The maximum atomic E-state index is 8.60. The minimum atomic E-state index is 0.481. The minimum Gasteiger partial charge on any atom is -0.493 e. The summed E-state index contributed by atoms with van der Waals surface area (Å²) in [6.07, 6.45) is 1.55. The largest absolute Gasteiger partial charge is 0.493 e. The fourth-order valence-corrected chi connectivity index (χ4v) is 1.20. The molecule has 3 nitrogen and oxygen atoms in total. The van der Waals surface area contributed by atoms with Crippen molar-refractivity contribution in [3.05, 3.63) is 22.4 Å². The van der Waals surface area contributed by atoms with Crippen molar-refractivity contribution < 1.29 is 4.74 Å². The Balaban J connectivity index is 3.27. The molecule has 0 aliphatic heterocycles. The van der Waals surface area contributed by atoms with Gasteiger partial charge in [0.2, 0.25) is 0 Å². The van der Waals surface area contributed by atoms with Gasteiger partial charge in [0, 0.05) is 6.20 Å². The number of nitrogens with zero attached hydrogens (tertiary/aromatic N) is 2. The second kappa shape index (κ2) is 3.35. The third kappa shape index (κ3) is 1.49. The van der Waals surface area contributed by atoms with Crippen molar-refractivity contribution in [1.82, 2.24) is 4.98 Å². The van der Waals surface area contributed by atoms with Gasteiger partial charge in [-0.25, -0.2) is 4.98 Å². The fraction of sp³-hybridized carbons (Fsp3) is 0.143. The number of aromatic nitrogens is 1. The second-order valence-corrected chi connectivity index (χ2v) is 2.55. The monoisotopic (exact) mass is 212 g/mol. The minimum absolute atomic E-state index is 0.481. The normalized spacial score (nSPS) is 8.82. The fourth-order valence-electron chi connectivity index (χ4n) is 0.705. The van der Waals surface area contributed by atoms with Crippen LogP contribution < -0.4 is 4.74 Å². The molecule has 1 aromatic heterocycles. The molecule has 0 aliphatic carbocycles. The van der Waals surface area contributed by atoms with Crippen LogP contribution in [-0.4, -0.2) is 12.1 Å². The summed E-state index contributed by atoms with van der Waals surface area (Å²) in [6.45, 7) is 0. The van der Waals surface area contributed by atoms with Crippen LogP contribution in [0.15, 0.2) is 16.9 Å². The van der Waals surface area contributed by atoms with Crippen molar-refractivity contribution >= 4 is 15.9 Å². The van der Waals surface area contributed by atoms with Crippen molar-refractivity contribution in [1.29, 1.82) is 5.26 Å². The van der Waals surface area contributed by atoms with Crippen LogP contribution >= 0.6 is 15.9 Å². The molecule has 0 spiro atoms. The molecule has 0 amide bonds. The zero-order valence-corrected chi connectivity index (χ0v) is 7.42. The molecule has 0 radical (unpaired) electrons. The standard InChI is InChI=1S/C7H5BrN2O/c1-11-6-5(4-9)2-3-10-7(6)8/h2-3H,1H3. The van der Waals surface area contributed by atoms with Crippen LogP contribution in [0.1, 0.15) is 5.56 Å². The Morgan fingerprint density at radius 2 is 2.45 bits per heavy atom. The lowest BCUT2D eigenvalue weighted by molar-refractivity contribution is 0.408. The average Bonchev–Trinajstić information content (AvgIpc) is 2.04. The molecule has 0 unspecified atom stereocenters. The van der Waals surface area contributed by atoms with E-state index in [2.05, 4.69) is 20.9 Å². The quantitative estimate of drug-likeness (QED) is 0.667. The van der Waals surface area contributed by atoms with Gasteiger partial charge in [0.15, 0.2) is 5.75 Å². The van der Waals surface area contributed by atoms with Gasteiger partial charge in [0.1, 0.15) is 10.7 Å². The summed E-state index contributed by atoms with van der Waals surface area (Å²) < 4.78 is 5.49. The molecule has 56 valence electrons. The lowest BCUT2D eigenvalue weighted by Gasteiger charge is -2.01. The van der Waals surface area contributed by atoms with Gasteiger partial charge in [0.05, 0.1) is 12.7 Å². The maximum absolute atomic E-state index is 8.60. The number of pyridine rings is 1. The molecule has 0 bridgehead atoms. The van der Waals surface area contributed by atoms with E-state index in [9.17, 15) is 0 Å². The lowest BCUT2D eigenvalue weighted by atomic mass is 10.3. The van der Waals surface area contributed by atoms with E-state index in [1.807, 2.05) is 6.07 Å². The Morgan fingerprint density at radius 1 is 1.73 bits per heavy atom. The first-order chi connectivity index (χ1) is 5.29. The van der Waals surface area contributed by atoms with E-state index < -0.39 is 0 Å². The predicted octanol–water partition coefficient (Wildman–Crippen LogP) is 1.72. The smallest absolute Gasteiger partial charge is 0.169 e. The van der Waals surface area contributed by atoms with Gasteiger partial charge in [-0.3, -0.25) is 0 Å². The first-order valence-electron chi connectivity index (χ1n) is 2.88. The Bertz CT molecular complexity index is 306. The molecule has 4 heteroatoms. The topological polar surface area (TPSA) is 45.9 Å². The molecular formula is C7H5BrN2O. The molecule has 0 saturated carbocycles. The summed E-state index contributed by atoms with van der Waals surface area (Å²) in [5, 5.41) is 8.60. The SMILES string of the molecule is COc1c(C#N)ccnc1Br. The molecule has 0 saturated heterocycles. The van der Waals surface area contributed by atoms with Crippen LogP contribution in [-0.2, 0) is 0 Å². The molecule has 1 aromatic rings. The first-order valence-corrected chi connectivity index (χ1v) is 3.67. The highest BCUT2D eigenvalue weighted by Gasteiger charge is 2.05. The van der Waals surface area contributed by atoms with E-state index in [-0.39, 0.29) is 0 Å². The number of methoxy groups -OCH3 is 1. The zero-order chi connectivity index (χ0) is 8.27. The van der Waals surface area contributed by atoms with Gasteiger partial charge in [0.25, 0.3) is 0 Å². The lowest BCUT2D eigenvalue weighted by Crippen LogP contribution is -1.90. The third-order valence-electron chi connectivity index (χ3n) is 1.19. The second-order valence-electron chi connectivity index (χ2n) is 1.79. The highest BCUT2D eigenvalue weighted by molar-refractivity contribution is 9.10. The van der Waals surface area contributed by atoms with Crippen molar-refractivity contribution in [2.45, 2.75) is 0 Å². The van der Waals surface area contributed by atoms with Crippen LogP contribution in [0.5, 0.6) is 5.75 Å². The number of ether oxygens (including phenoxy) is 1. The number of hydrogen-bond donors (Lipinski definition) is 0. The van der Waals surface area contributed by atoms with Crippen LogP contribution in [0.2, 0.25) is 0 Å². The Kier molecular flexibility index (Phi) is 2.44. The zero-order valence-electron chi connectivity index (χ0n) is 5.84. The molecule has 1 heterocycles. The molecule has 0 N–H and O–H groups in total. The Hall–Kier alpha value is -1.08. The van der Waals surface area contributed by atoms with Gasteiger partial charge in [-0.2, -0.15) is 5.26 Å². The van der Waals surface area contributed by atoms with Crippen LogP contribution in [0.3, 0.4) is 0 Å². The average molecular weight is 213 g/mol. The number of halogens is 1. The van der Waals surface area contributed by atoms with Gasteiger partial charge in [-0.15, -0.1) is 0 Å². The number of rotatable bonds is 1. The van der Waals surface area contributed by atoms with E-state index in [1.165, 1.54) is 7.11 Å². The highest BCUT2D eigenvalue weighted by atomic mass is 79.9. The molecule has 11 heavy (non-hydrogen) atoms. The Morgan fingerprint density at radius 3 is 2.91 bits per heavy atom. The van der Waals surface area contributed by atoms with E-state index in [0.717, 1.165) is 0 Å². The maximum Gasteiger partial charge on any atom is 0.169 e. The Labute approximate surface area is 72.8 Å². The highest BCUT2D eigenvalue weighted by Crippen LogP contribution is 2.25. The van der Waals surface area contributed by atoms with Gasteiger partial charge >= 0.3 is 0 Å². The van der Waals surface area contributed by atoms with Crippen molar-refractivity contribution in [2.24, 2.45) is 0 Å². The van der Waals surface area contributed by atoms with Crippen molar-refractivity contribution in [3.8, 4) is 11.8 Å². The van der Waals surface area contributed by atoms with Crippen molar-refractivity contribution in [3.63, 3.8) is 0 Å². The van der Waals surface area contributed by atoms with Gasteiger partial charge < -0.3 is 4.74 Å². The van der Waals surface area contributed by atoms with Crippen molar-refractivity contribution in [2.75, 3.05) is 7.11 Å². The van der Waals surface area contributed by atoms with Gasteiger partial charge in [-0.1, -0.05) is 0 Å². The number of hydrogen-bond acceptors (Lipinski definition) is 3. The molecular weight excluding hydrogens is 208 g/mol. The molecule has 0 atom stereocenters. The van der Waals surface area contributed by atoms with E-state index >= 15 is 0 Å². The summed E-state index contributed by atoms with van der Waals surface area (Å²) in [6, 6.07) is 3.59. The van der Waals surface area contributed by atoms with Crippen LogP contribution in [0.4, 0.5) is 0 Å². The van der Waals surface area contributed by atoms with E-state index in [4.69, 9.17) is 10.00 Å². The molecule has 0 aliphatic rings. The summed E-state index contributed by atoms with van der Waals surface area (Å²) in [5.41, 5.74) is 0.481. The summed E-state index contributed by atoms with van der Waals surface area (Å²) in [5.74, 6) is 0.481. The summed E-state index contributed by atoms with van der Waals surface area (Å²) in [7, 11) is 1.50. The summed E-state index contributed by atoms with van der Waals surface area (Å²) in [4.78, 5) is 3.90. The molecule has 0 aromatic carbocycles. The molecule has 1 rings (SSSR count). The number of nitriles is 1. The van der Waals surface area contributed by atoms with Crippen LogP contribution in [0.25, 0.3) is 0 Å². The predicted molar refractivity (Wildman–Crippen MR) is 43.2 cm³/mol. The summed E-state index contributed by atoms with van der Waals surface area (Å²) >= 11 is 3.16. The first kappa shape index (κ1) is 8.02. The van der Waals surface area contributed by atoms with E-state index in [0.29, 0.717) is 15.9 Å². The van der Waals surface area contributed by atoms with E-state index in [1.54, 1.807) is 12.3 Å². The van der Waals surface area contributed by atoms with Gasteiger partial charge in [-0.05, 0) is 22.0 Å². The van der Waals surface area contributed by atoms with Crippen LogP contribution in [0, 0.1) is 11.3 Å².